The van der Waals surface area contributed by atoms with Crippen molar-refractivity contribution >= 4 is 5.97 Å². The predicted molar refractivity (Wildman–Crippen MR) is 73.0 cm³/mol. The van der Waals surface area contributed by atoms with Gasteiger partial charge in [-0.25, -0.2) is 0 Å². The van der Waals surface area contributed by atoms with Gasteiger partial charge in [-0.15, -0.1) is 0 Å². The van der Waals surface area contributed by atoms with Gasteiger partial charge in [0.05, 0.1) is 17.6 Å². The summed E-state index contributed by atoms with van der Waals surface area (Å²) in [5.74, 6) is -0.354. The lowest BCUT2D eigenvalue weighted by molar-refractivity contribution is -0.146. The summed E-state index contributed by atoms with van der Waals surface area (Å²) in [6, 6.07) is 0. The summed E-state index contributed by atoms with van der Waals surface area (Å²) in [5, 5.41) is 9.50. The molecule has 2 aliphatic carbocycles. The van der Waals surface area contributed by atoms with Crippen LogP contribution in [0.15, 0.2) is 0 Å². The van der Waals surface area contributed by atoms with Crippen molar-refractivity contribution in [2.45, 2.75) is 82.3 Å². The molecule has 3 fully saturated rings. The first-order valence-corrected chi connectivity index (χ1v) is 8.09. The van der Waals surface area contributed by atoms with Gasteiger partial charge < -0.3 is 9.84 Å². The molecule has 3 nitrogen and oxygen atoms in total. The van der Waals surface area contributed by atoms with E-state index in [1.54, 1.807) is 0 Å². The van der Waals surface area contributed by atoms with E-state index in [1.807, 2.05) is 0 Å². The quantitative estimate of drug-likeness (QED) is 0.842. The van der Waals surface area contributed by atoms with Crippen LogP contribution in [0.1, 0.15) is 70.6 Å². The van der Waals surface area contributed by atoms with Gasteiger partial charge in [0.25, 0.3) is 0 Å². The van der Waals surface area contributed by atoms with Crippen LogP contribution in [0.4, 0.5) is 0 Å². The molecule has 3 heteroatoms. The number of ether oxygens (including phenoxy) is 1. The number of rotatable bonds is 4. The second-order valence-electron chi connectivity index (χ2n) is 6.89. The molecule has 0 radical (unpaired) electrons. The molecule has 1 heterocycles. The van der Waals surface area contributed by atoms with Crippen LogP contribution in [0, 0.1) is 11.8 Å². The van der Waals surface area contributed by atoms with Crippen molar-refractivity contribution in [3.63, 3.8) is 0 Å². The maximum Gasteiger partial charge on any atom is 0.306 e. The highest BCUT2D eigenvalue weighted by Gasteiger charge is 2.44. The number of carboxylic acids is 1. The molecular weight excluding hydrogens is 240 g/mol. The lowest BCUT2D eigenvalue weighted by Gasteiger charge is -2.26. The topological polar surface area (TPSA) is 46.5 Å². The molecule has 2 unspecified atom stereocenters. The van der Waals surface area contributed by atoms with Gasteiger partial charge in [-0.3, -0.25) is 4.79 Å². The lowest BCUT2D eigenvalue weighted by atomic mass is 9.85. The van der Waals surface area contributed by atoms with Crippen LogP contribution in [0.2, 0.25) is 0 Å². The summed E-state index contributed by atoms with van der Waals surface area (Å²) in [4.78, 5) is 11.5. The van der Waals surface area contributed by atoms with Crippen molar-refractivity contribution in [3.8, 4) is 0 Å². The Balaban J connectivity index is 1.58. The zero-order valence-corrected chi connectivity index (χ0v) is 11.8. The minimum Gasteiger partial charge on any atom is -0.481 e. The molecule has 0 bridgehead atoms. The van der Waals surface area contributed by atoms with Crippen molar-refractivity contribution in [2.24, 2.45) is 11.8 Å². The van der Waals surface area contributed by atoms with Crippen LogP contribution >= 0.6 is 0 Å². The van der Waals surface area contributed by atoms with Crippen molar-refractivity contribution < 1.29 is 14.6 Å². The van der Waals surface area contributed by atoms with Crippen LogP contribution in [-0.2, 0) is 9.53 Å². The molecule has 0 aromatic rings. The van der Waals surface area contributed by atoms with Crippen LogP contribution < -0.4 is 0 Å². The molecule has 3 rings (SSSR count). The Morgan fingerprint density at radius 1 is 1.11 bits per heavy atom. The largest absolute Gasteiger partial charge is 0.481 e. The van der Waals surface area contributed by atoms with Crippen LogP contribution in [0.3, 0.4) is 0 Å². The molecule has 1 aliphatic heterocycles. The monoisotopic (exact) mass is 266 g/mol. The second kappa shape index (κ2) is 5.43. The molecule has 0 amide bonds. The van der Waals surface area contributed by atoms with Gasteiger partial charge >= 0.3 is 5.97 Å². The highest BCUT2D eigenvalue weighted by atomic mass is 16.5. The van der Waals surface area contributed by atoms with E-state index < -0.39 is 5.97 Å². The third-order valence-corrected chi connectivity index (χ3v) is 5.66. The van der Waals surface area contributed by atoms with Gasteiger partial charge in [0.2, 0.25) is 0 Å². The van der Waals surface area contributed by atoms with Crippen molar-refractivity contribution in [1.82, 2.24) is 0 Å². The molecule has 2 saturated carbocycles. The van der Waals surface area contributed by atoms with Gasteiger partial charge in [-0.05, 0) is 50.9 Å². The molecular formula is C16H26O3. The minimum absolute atomic E-state index is 0.142. The summed E-state index contributed by atoms with van der Waals surface area (Å²) >= 11 is 0. The van der Waals surface area contributed by atoms with Crippen LogP contribution in [0.5, 0.6) is 0 Å². The Kier molecular flexibility index (Phi) is 3.84. The lowest BCUT2D eigenvalue weighted by Crippen LogP contribution is -2.29. The third-order valence-electron chi connectivity index (χ3n) is 5.66. The fourth-order valence-corrected chi connectivity index (χ4v) is 4.59. The Morgan fingerprint density at radius 3 is 2.42 bits per heavy atom. The van der Waals surface area contributed by atoms with Crippen LogP contribution in [-0.4, -0.2) is 22.8 Å². The average Bonchev–Trinajstić information content (AvgIpc) is 3.10. The summed E-state index contributed by atoms with van der Waals surface area (Å²) in [6.07, 6.45) is 12.8. The average molecular weight is 266 g/mol. The Labute approximate surface area is 115 Å². The second-order valence-corrected chi connectivity index (χ2v) is 6.89. The van der Waals surface area contributed by atoms with E-state index in [0.717, 1.165) is 32.1 Å². The summed E-state index contributed by atoms with van der Waals surface area (Å²) in [7, 11) is 0. The van der Waals surface area contributed by atoms with Gasteiger partial charge in [-0.1, -0.05) is 25.7 Å². The van der Waals surface area contributed by atoms with E-state index in [1.165, 1.54) is 38.5 Å². The molecule has 1 N–H and O–H groups in total. The zero-order valence-electron chi connectivity index (χ0n) is 11.8. The molecule has 2 atom stereocenters. The summed E-state index contributed by atoms with van der Waals surface area (Å²) < 4.78 is 6.29. The summed E-state index contributed by atoms with van der Waals surface area (Å²) in [6.45, 7) is 0. The highest BCUT2D eigenvalue weighted by Crippen LogP contribution is 2.45. The van der Waals surface area contributed by atoms with E-state index in [-0.39, 0.29) is 17.6 Å². The highest BCUT2D eigenvalue weighted by molar-refractivity contribution is 5.70. The third kappa shape index (κ3) is 2.81. The maximum absolute atomic E-state index is 11.5. The predicted octanol–water partition coefficient (Wildman–Crippen LogP) is 3.76. The Morgan fingerprint density at radius 2 is 1.79 bits per heavy atom. The van der Waals surface area contributed by atoms with Crippen LogP contribution in [0.25, 0.3) is 0 Å². The molecule has 0 aromatic carbocycles. The fraction of sp³-hybridized carbons (Fsp3) is 0.938. The number of aliphatic carboxylic acids is 1. The number of hydrogen-bond acceptors (Lipinski definition) is 2. The van der Waals surface area contributed by atoms with E-state index in [0.29, 0.717) is 5.92 Å². The smallest absolute Gasteiger partial charge is 0.306 e. The number of hydrogen-bond donors (Lipinski definition) is 1. The maximum atomic E-state index is 11.5. The van der Waals surface area contributed by atoms with E-state index in [4.69, 9.17) is 4.74 Å². The van der Waals surface area contributed by atoms with Gasteiger partial charge in [0, 0.05) is 0 Å². The Hall–Kier alpha value is -0.570. The normalized spacial score (nSPS) is 32.1. The molecule has 0 aromatic heterocycles. The molecule has 19 heavy (non-hydrogen) atoms. The number of carbonyl (C=O) groups is 1. The van der Waals surface area contributed by atoms with Crippen molar-refractivity contribution in [2.75, 3.05) is 0 Å². The van der Waals surface area contributed by atoms with Gasteiger partial charge in [0.1, 0.15) is 0 Å². The first-order valence-electron chi connectivity index (χ1n) is 8.09. The fourth-order valence-electron chi connectivity index (χ4n) is 4.59. The van der Waals surface area contributed by atoms with E-state index in [2.05, 4.69) is 0 Å². The first-order chi connectivity index (χ1) is 9.19. The molecule has 1 spiro atoms. The minimum atomic E-state index is -0.595. The van der Waals surface area contributed by atoms with Gasteiger partial charge in [0.15, 0.2) is 0 Å². The standard InChI is InChI=1S/C16H26O3/c17-15(18)14(12-5-1-2-6-12)11-13-7-10-16(19-13)8-3-4-9-16/h12-14H,1-11H2,(H,17,18). The first kappa shape index (κ1) is 13.4. The molecule has 108 valence electrons. The summed E-state index contributed by atoms with van der Waals surface area (Å²) in [5.41, 5.74) is 0.142. The molecule has 1 saturated heterocycles. The molecule has 3 aliphatic rings. The number of carboxylic acid groups (broad SMARTS) is 1. The SMILES string of the molecule is O=C(O)C(CC1CCC2(CCCC2)O1)C1CCCC1. The Bertz CT molecular complexity index is 327. The van der Waals surface area contributed by atoms with Gasteiger partial charge in [-0.2, -0.15) is 0 Å². The van der Waals surface area contributed by atoms with E-state index in [9.17, 15) is 9.90 Å². The van der Waals surface area contributed by atoms with Crippen molar-refractivity contribution in [3.05, 3.63) is 0 Å². The zero-order chi connectivity index (χ0) is 13.3. The van der Waals surface area contributed by atoms with Crippen molar-refractivity contribution in [1.29, 1.82) is 0 Å². The van der Waals surface area contributed by atoms with E-state index >= 15 is 0 Å².